The van der Waals surface area contributed by atoms with Crippen LogP contribution in [0.2, 0.25) is 0 Å². The molecule has 4 rings (SSSR count). The molecule has 39 heavy (non-hydrogen) atoms. The number of hydrogen-bond donors (Lipinski definition) is 3. The van der Waals surface area contributed by atoms with Crippen LogP contribution in [0.5, 0.6) is 5.75 Å². The zero-order valence-corrected chi connectivity index (χ0v) is 21.6. The number of fused-ring (bicyclic) bond motifs is 1. The molecule has 0 fully saturated rings. The number of carbonyl (C=O) groups is 4. The van der Waals surface area contributed by atoms with Crippen LogP contribution in [0.1, 0.15) is 42.5 Å². The molecule has 0 radical (unpaired) electrons. The number of aromatic nitrogens is 3. The van der Waals surface area contributed by atoms with Crippen molar-refractivity contribution in [1.29, 1.82) is 0 Å². The molecular weight excluding hydrogens is 502 g/mol. The molecule has 12 heteroatoms. The van der Waals surface area contributed by atoms with Crippen molar-refractivity contribution < 1.29 is 23.9 Å². The summed E-state index contributed by atoms with van der Waals surface area (Å²) in [6.07, 6.45) is 1.49. The van der Waals surface area contributed by atoms with Gasteiger partial charge in [-0.3, -0.25) is 19.2 Å². The molecule has 3 amide bonds. The van der Waals surface area contributed by atoms with E-state index in [9.17, 15) is 19.2 Å². The summed E-state index contributed by atoms with van der Waals surface area (Å²) in [7, 11) is 5.17. The number of nitrogens with one attached hydrogen (secondary N) is 3. The van der Waals surface area contributed by atoms with Crippen molar-refractivity contribution in [3.63, 3.8) is 0 Å². The molecule has 4 aromatic rings. The predicted octanol–water partition coefficient (Wildman–Crippen LogP) is 1.55. The number of anilines is 1. The lowest BCUT2D eigenvalue weighted by molar-refractivity contribution is -0.120. The highest BCUT2D eigenvalue weighted by Gasteiger charge is 2.18. The first-order valence-electron chi connectivity index (χ1n) is 11.9. The summed E-state index contributed by atoms with van der Waals surface area (Å²) in [4.78, 5) is 54.9. The molecule has 0 spiro atoms. The van der Waals surface area contributed by atoms with Gasteiger partial charge in [-0.1, -0.05) is 18.2 Å². The van der Waals surface area contributed by atoms with Crippen LogP contribution in [0.25, 0.3) is 5.65 Å². The molecule has 0 saturated heterocycles. The average Bonchev–Trinajstić information content (AvgIpc) is 3.43. The summed E-state index contributed by atoms with van der Waals surface area (Å²) in [6.45, 7) is 0.697. The van der Waals surface area contributed by atoms with Crippen molar-refractivity contribution in [2.24, 2.45) is 0 Å². The maximum atomic E-state index is 13.1. The Morgan fingerprint density at radius 1 is 0.949 bits per heavy atom. The van der Waals surface area contributed by atoms with Crippen molar-refractivity contribution >= 4 is 35.5 Å². The van der Waals surface area contributed by atoms with E-state index in [2.05, 4.69) is 26.0 Å². The second-order valence-corrected chi connectivity index (χ2v) is 8.68. The Hall–Kier alpha value is -5.26. The van der Waals surface area contributed by atoms with Gasteiger partial charge in [0.05, 0.1) is 11.9 Å². The summed E-state index contributed by atoms with van der Waals surface area (Å²) in [5.41, 5.74) is 3.16. The van der Waals surface area contributed by atoms with E-state index in [-0.39, 0.29) is 30.4 Å². The number of amides is 3. The van der Waals surface area contributed by atoms with Crippen LogP contribution in [0, 0.1) is 0 Å². The molecule has 12 nitrogen and oxygen atoms in total. The van der Waals surface area contributed by atoms with E-state index in [1.807, 2.05) is 14.1 Å². The minimum atomic E-state index is -0.481. The third-order valence-corrected chi connectivity index (χ3v) is 5.83. The lowest BCUT2D eigenvalue weighted by Crippen LogP contribution is -2.28. The van der Waals surface area contributed by atoms with Gasteiger partial charge in [0.15, 0.2) is 11.4 Å². The second-order valence-electron chi connectivity index (χ2n) is 8.68. The van der Waals surface area contributed by atoms with Crippen LogP contribution in [-0.4, -0.2) is 59.9 Å². The number of benzene rings is 2. The fourth-order valence-corrected chi connectivity index (χ4v) is 3.88. The van der Waals surface area contributed by atoms with E-state index in [1.54, 1.807) is 60.5 Å². The van der Waals surface area contributed by atoms with Crippen molar-refractivity contribution in [2.45, 2.75) is 13.1 Å². The second kappa shape index (κ2) is 11.9. The zero-order chi connectivity index (χ0) is 27.9. The molecule has 0 saturated carbocycles. The van der Waals surface area contributed by atoms with Gasteiger partial charge in [-0.05, 0) is 35.4 Å². The van der Waals surface area contributed by atoms with E-state index in [0.29, 0.717) is 29.1 Å². The molecule has 3 N–H and O–H groups in total. The SMILES string of the molecule is CNC(=O)c1cccc(CNC(=O)c2cc(C(=O)NCc3ccc(OC=O)c(N(C)C)c3)nc3ccnn23)c1. The van der Waals surface area contributed by atoms with Gasteiger partial charge in [0.1, 0.15) is 11.4 Å². The quantitative estimate of drug-likeness (QED) is 0.262. The van der Waals surface area contributed by atoms with Crippen molar-refractivity contribution in [3.8, 4) is 5.75 Å². The molecule has 0 bridgehead atoms. The molecular formula is C27H27N7O5. The summed E-state index contributed by atoms with van der Waals surface area (Å²) in [6, 6.07) is 15.0. The van der Waals surface area contributed by atoms with E-state index >= 15 is 0 Å². The minimum absolute atomic E-state index is 0.0449. The number of nitrogens with zero attached hydrogens (tertiary/aromatic N) is 4. The molecule has 0 aliphatic heterocycles. The standard InChI is InChI=1S/C27H27N7O5/c1-28-25(36)19-6-4-5-17(11-19)14-30-27(38)22-13-20(32-24-9-10-31-34(22)24)26(37)29-15-18-7-8-23(39-16-35)21(12-18)33(2)3/h4-13,16H,14-15H2,1-3H3,(H,28,36)(H,29,37)(H,30,38). The highest BCUT2D eigenvalue weighted by Crippen LogP contribution is 2.27. The maximum absolute atomic E-state index is 13.1. The van der Waals surface area contributed by atoms with Crippen LogP contribution in [0.3, 0.4) is 0 Å². The molecule has 2 heterocycles. The van der Waals surface area contributed by atoms with Gasteiger partial charge in [-0.25, -0.2) is 9.50 Å². The van der Waals surface area contributed by atoms with E-state index < -0.39 is 11.8 Å². The van der Waals surface area contributed by atoms with E-state index in [0.717, 1.165) is 11.1 Å². The summed E-state index contributed by atoms with van der Waals surface area (Å²) in [5, 5.41) is 12.3. The lowest BCUT2D eigenvalue weighted by Gasteiger charge is -2.17. The van der Waals surface area contributed by atoms with E-state index in [4.69, 9.17) is 4.74 Å². The lowest BCUT2D eigenvalue weighted by atomic mass is 10.1. The third-order valence-electron chi connectivity index (χ3n) is 5.83. The Bertz CT molecular complexity index is 1550. The molecule has 0 aliphatic carbocycles. The van der Waals surface area contributed by atoms with Gasteiger partial charge < -0.3 is 25.6 Å². The molecule has 2 aromatic carbocycles. The highest BCUT2D eigenvalue weighted by atomic mass is 16.5. The first-order chi connectivity index (χ1) is 18.8. The predicted molar refractivity (Wildman–Crippen MR) is 143 cm³/mol. The topological polar surface area (TPSA) is 147 Å². The fourth-order valence-electron chi connectivity index (χ4n) is 3.88. The molecule has 0 aliphatic rings. The Balaban J connectivity index is 1.50. The zero-order valence-electron chi connectivity index (χ0n) is 21.6. The molecule has 2 aromatic heterocycles. The monoisotopic (exact) mass is 529 g/mol. The van der Waals surface area contributed by atoms with Crippen molar-refractivity contribution in [2.75, 3.05) is 26.0 Å². The molecule has 200 valence electrons. The van der Waals surface area contributed by atoms with Gasteiger partial charge in [-0.2, -0.15) is 5.10 Å². The van der Waals surface area contributed by atoms with Crippen LogP contribution in [0.15, 0.2) is 60.8 Å². The molecule has 0 atom stereocenters. The van der Waals surface area contributed by atoms with Crippen molar-refractivity contribution in [3.05, 3.63) is 88.9 Å². The Labute approximate surface area is 224 Å². The first kappa shape index (κ1) is 26.8. The largest absolute Gasteiger partial charge is 0.427 e. The van der Waals surface area contributed by atoms with Gasteiger partial charge in [0.2, 0.25) is 0 Å². The maximum Gasteiger partial charge on any atom is 0.298 e. The van der Waals surface area contributed by atoms with Crippen LogP contribution in [-0.2, 0) is 17.9 Å². The van der Waals surface area contributed by atoms with Gasteiger partial charge >= 0.3 is 0 Å². The smallest absolute Gasteiger partial charge is 0.298 e. The normalized spacial score (nSPS) is 10.5. The number of carbonyl (C=O) groups excluding carboxylic acids is 4. The summed E-state index contributed by atoms with van der Waals surface area (Å²) < 4.78 is 6.35. The average molecular weight is 530 g/mol. The summed E-state index contributed by atoms with van der Waals surface area (Å²) in [5.74, 6) is -0.777. The number of ether oxygens (including phenoxy) is 1. The van der Waals surface area contributed by atoms with Crippen LogP contribution in [0.4, 0.5) is 5.69 Å². The van der Waals surface area contributed by atoms with Gasteiger partial charge in [0, 0.05) is 51.9 Å². The first-order valence-corrected chi connectivity index (χ1v) is 11.9. The fraction of sp³-hybridized carbons (Fsp3) is 0.185. The Kier molecular flexibility index (Phi) is 8.15. The van der Waals surface area contributed by atoms with Crippen molar-refractivity contribution in [1.82, 2.24) is 30.5 Å². The minimum Gasteiger partial charge on any atom is -0.427 e. The molecule has 0 unspecified atom stereocenters. The number of rotatable bonds is 10. The third kappa shape index (κ3) is 6.18. The van der Waals surface area contributed by atoms with Crippen LogP contribution < -0.4 is 25.6 Å². The summed E-state index contributed by atoms with van der Waals surface area (Å²) >= 11 is 0. The van der Waals surface area contributed by atoms with Gasteiger partial charge in [-0.15, -0.1) is 0 Å². The van der Waals surface area contributed by atoms with Crippen LogP contribution >= 0.6 is 0 Å². The number of hydrogen-bond acceptors (Lipinski definition) is 8. The van der Waals surface area contributed by atoms with Gasteiger partial charge in [0.25, 0.3) is 24.2 Å². The van der Waals surface area contributed by atoms with E-state index in [1.165, 1.54) is 16.8 Å². The Morgan fingerprint density at radius 3 is 2.41 bits per heavy atom. The Morgan fingerprint density at radius 2 is 1.69 bits per heavy atom. The highest BCUT2D eigenvalue weighted by molar-refractivity contribution is 5.98.